The van der Waals surface area contributed by atoms with Gasteiger partial charge in [-0.15, -0.1) is 0 Å². The van der Waals surface area contributed by atoms with Crippen LogP contribution in [0.15, 0.2) is 0 Å². The van der Waals surface area contributed by atoms with Gasteiger partial charge in [0, 0.05) is 0 Å². The molecule has 1 aliphatic carbocycles. The highest BCUT2D eigenvalue weighted by Crippen LogP contribution is 2.48. The highest BCUT2D eigenvalue weighted by atomic mass is 14.4. The van der Waals surface area contributed by atoms with Crippen molar-refractivity contribution in [1.29, 1.82) is 0 Å². The van der Waals surface area contributed by atoms with Crippen LogP contribution in [-0.2, 0) is 0 Å². The van der Waals surface area contributed by atoms with E-state index in [0.29, 0.717) is 10.8 Å². The fourth-order valence-electron chi connectivity index (χ4n) is 3.20. The van der Waals surface area contributed by atoms with E-state index in [0.717, 1.165) is 11.8 Å². The Labute approximate surface area is 90.5 Å². The second-order valence-electron chi connectivity index (χ2n) is 7.23. The zero-order valence-corrected chi connectivity index (χ0v) is 11.0. The maximum atomic E-state index is 2.42. The lowest BCUT2D eigenvalue weighted by Gasteiger charge is -2.46. The molecule has 0 aromatic carbocycles. The smallest absolute Gasteiger partial charge is 0.0332 e. The van der Waals surface area contributed by atoms with Crippen LogP contribution in [0.3, 0.4) is 0 Å². The summed E-state index contributed by atoms with van der Waals surface area (Å²) in [7, 11) is 0. The monoisotopic (exact) mass is 196 g/mol. The summed E-state index contributed by atoms with van der Waals surface area (Å²) >= 11 is 0. The third-order valence-corrected chi connectivity index (χ3v) is 3.99. The van der Waals surface area contributed by atoms with Gasteiger partial charge in [-0.2, -0.15) is 0 Å². The van der Waals surface area contributed by atoms with Gasteiger partial charge in [0.25, 0.3) is 0 Å². The molecule has 84 valence electrons. The Kier molecular flexibility index (Phi) is 3.33. The molecule has 0 aliphatic heterocycles. The summed E-state index contributed by atoms with van der Waals surface area (Å²) in [4.78, 5) is 0. The molecule has 1 rings (SSSR count). The summed E-state index contributed by atoms with van der Waals surface area (Å²) in [5, 5.41) is 0. The van der Waals surface area contributed by atoms with E-state index in [2.05, 4.69) is 41.5 Å². The average Bonchev–Trinajstić information content (AvgIpc) is 2.01. The molecule has 1 unspecified atom stereocenters. The first kappa shape index (κ1) is 12.1. The third-order valence-electron chi connectivity index (χ3n) is 3.99. The molecule has 0 aromatic rings. The predicted octanol–water partition coefficient (Wildman–Crippen LogP) is 4.89. The minimum absolute atomic E-state index is 0.498. The topological polar surface area (TPSA) is 0 Å². The SMILES string of the molecule is CC(C)(C)C1CCCC[C@@H]1C(C)(C)C. The van der Waals surface area contributed by atoms with Crippen molar-refractivity contribution in [1.82, 2.24) is 0 Å². The lowest BCUT2D eigenvalue weighted by molar-refractivity contribution is 0.0335. The third kappa shape index (κ3) is 2.74. The van der Waals surface area contributed by atoms with Gasteiger partial charge in [0.15, 0.2) is 0 Å². The van der Waals surface area contributed by atoms with Crippen LogP contribution in [-0.4, -0.2) is 0 Å². The second kappa shape index (κ2) is 3.87. The summed E-state index contributed by atoms with van der Waals surface area (Å²) in [6.45, 7) is 14.5. The van der Waals surface area contributed by atoms with Crippen LogP contribution < -0.4 is 0 Å². The Morgan fingerprint density at radius 1 is 0.643 bits per heavy atom. The normalized spacial score (nSPS) is 30.4. The average molecular weight is 196 g/mol. The highest BCUT2D eigenvalue weighted by molar-refractivity contribution is 4.89. The zero-order valence-electron chi connectivity index (χ0n) is 11.0. The van der Waals surface area contributed by atoms with Crippen molar-refractivity contribution in [2.45, 2.75) is 67.2 Å². The number of rotatable bonds is 0. The van der Waals surface area contributed by atoms with Crippen LogP contribution in [0.4, 0.5) is 0 Å². The van der Waals surface area contributed by atoms with Crippen LogP contribution in [0, 0.1) is 22.7 Å². The zero-order chi connectivity index (χ0) is 11.0. The minimum atomic E-state index is 0.498. The van der Waals surface area contributed by atoms with Gasteiger partial charge >= 0.3 is 0 Å². The van der Waals surface area contributed by atoms with Gasteiger partial charge < -0.3 is 0 Å². The molecule has 0 nitrogen and oxygen atoms in total. The van der Waals surface area contributed by atoms with E-state index >= 15 is 0 Å². The van der Waals surface area contributed by atoms with Crippen molar-refractivity contribution in [3.63, 3.8) is 0 Å². The first-order valence-electron chi connectivity index (χ1n) is 6.23. The molecule has 2 atom stereocenters. The lowest BCUT2D eigenvalue weighted by atomic mass is 9.59. The molecule has 1 saturated carbocycles. The molecule has 0 heterocycles. The van der Waals surface area contributed by atoms with E-state index in [9.17, 15) is 0 Å². The van der Waals surface area contributed by atoms with Crippen LogP contribution in [0.5, 0.6) is 0 Å². The first-order valence-corrected chi connectivity index (χ1v) is 6.23. The lowest BCUT2D eigenvalue weighted by Crippen LogP contribution is -2.38. The van der Waals surface area contributed by atoms with E-state index in [1.54, 1.807) is 0 Å². The summed E-state index contributed by atoms with van der Waals surface area (Å²) < 4.78 is 0. The molecule has 1 aliphatic rings. The fraction of sp³-hybridized carbons (Fsp3) is 1.00. The molecular formula is C14H28. The van der Waals surface area contributed by atoms with Gasteiger partial charge in [-0.05, 0) is 35.5 Å². The molecule has 1 fully saturated rings. The van der Waals surface area contributed by atoms with Crippen molar-refractivity contribution in [3.8, 4) is 0 Å². The van der Waals surface area contributed by atoms with Crippen molar-refractivity contribution in [2.24, 2.45) is 22.7 Å². The van der Waals surface area contributed by atoms with Crippen LogP contribution in [0.1, 0.15) is 67.2 Å². The summed E-state index contributed by atoms with van der Waals surface area (Å²) in [6.07, 6.45) is 5.81. The van der Waals surface area contributed by atoms with Crippen molar-refractivity contribution < 1.29 is 0 Å². The number of hydrogen-bond acceptors (Lipinski definition) is 0. The summed E-state index contributed by atoms with van der Waals surface area (Å²) in [5.74, 6) is 1.85. The van der Waals surface area contributed by atoms with Gasteiger partial charge in [-0.1, -0.05) is 54.4 Å². The molecule has 0 aromatic heterocycles. The molecule has 0 spiro atoms. The first-order chi connectivity index (χ1) is 6.23. The fourth-order valence-corrected chi connectivity index (χ4v) is 3.20. The van der Waals surface area contributed by atoms with Crippen molar-refractivity contribution >= 4 is 0 Å². The second-order valence-corrected chi connectivity index (χ2v) is 7.23. The van der Waals surface area contributed by atoms with Gasteiger partial charge in [-0.3, -0.25) is 0 Å². The van der Waals surface area contributed by atoms with E-state index in [1.807, 2.05) is 0 Å². The van der Waals surface area contributed by atoms with Crippen LogP contribution in [0.25, 0.3) is 0 Å². The minimum Gasteiger partial charge on any atom is -0.0599 e. The van der Waals surface area contributed by atoms with Gasteiger partial charge in [-0.25, -0.2) is 0 Å². The molecule has 0 heteroatoms. The molecule has 0 amide bonds. The standard InChI is InChI=1S/C14H28/c1-13(2,3)11-9-7-8-10-12(11)14(4,5)6/h11-12H,7-10H2,1-6H3/t11-,12?/m0/s1. The quantitative estimate of drug-likeness (QED) is 0.518. The highest BCUT2D eigenvalue weighted by Gasteiger charge is 2.39. The van der Waals surface area contributed by atoms with E-state index in [1.165, 1.54) is 25.7 Å². The van der Waals surface area contributed by atoms with Crippen molar-refractivity contribution in [2.75, 3.05) is 0 Å². The summed E-state index contributed by atoms with van der Waals surface area (Å²) in [5.41, 5.74) is 0.997. The van der Waals surface area contributed by atoms with Gasteiger partial charge in [0.1, 0.15) is 0 Å². The Balaban J connectivity index is 2.80. The molecule has 0 saturated heterocycles. The van der Waals surface area contributed by atoms with Gasteiger partial charge in [0.05, 0.1) is 0 Å². The predicted molar refractivity (Wildman–Crippen MR) is 64.4 cm³/mol. The van der Waals surface area contributed by atoms with Crippen molar-refractivity contribution in [3.05, 3.63) is 0 Å². The molecular weight excluding hydrogens is 168 g/mol. The Morgan fingerprint density at radius 2 is 0.929 bits per heavy atom. The Hall–Kier alpha value is 0. The maximum absolute atomic E-state index is 2.42. The van der Waals surface area contributed by atoms with Crippen LogP contribution >= 0.6 is 0 Å². The molecule has 14 heavy (non-hydrogen) atoms. The molecule has 0 bridgehead atoms. The maximum Gasteiger partial charge on any atom is -0.0332 e. The van der Waals surface area contributed by atoms with Gasteiger partial charge in [0.2, 0.25) is 0 Å². The Bertz CT molecular complexity index is 155. The largest absolute Gasteiger partial charge is 0.0599 e. The van der Waals surface area contributed by atoms with E-state index in [-0.39, 0.29) is 0 Å². The number of hydrogen-bond donors (Lipinski definition) is 0. The summed E-state index contributed by atoms with van der Waals surface area (Å²) in [6, 6.07) is 0. The molecule has 0 N–H and O–H groups in total. The Morgan fingerprint density at radius 3 is 1.14 bits per heavy atom. The molecule has 0 radical (unpaired) electrons. The van der Waals surface area contributed by atoms with E-state index < -0.39 is 0 Å². The van der Waals surface area contributed by atoms with E-state index in [4.69, 9.17) is 0 Å². The van der Waals surface area contributed by atoms with Crippen LogP contribution in [0.2, 0.25) is 0 Å².